The lowest BCUT2D eigenvalue weighted by molar-refractivity contribution is 0.109. The summed E-state index contributed by atoms with van der Waals surface area (Å²) in [6.45, 7) is 0.256. The maximum absolute atomic E-state index is 11.6. The van der Waals surface area contributed by atoms with Crippen molar-refractivity contribution in [2.75, 3.05) is 18.1 Å². The van der Waals surface area contributed by atoms with Gasteiger partial charge in [-0.15, -0.1) is 18.2 Å². The smallest absolute Gasteiger partial charge is 0.274 e. The van der Waals surface area contributed by atoms with Gasteiger partial charge in [0.05, 0.1) is 5.75 Å². The van der Waals surface area contributed by atoms with E-state index in [4.69, 9.17) is 10.8 Å². The molecule has 1 aromatic heterocycles. The van der Waals surface area contributed by atoms with Gasteiger partial charge in [0.15, 0.2) is 12.0 Å². The van der Waals surface area contributed by atoms with Gasteiger partial charge in [-0.3, -0.25) is 4.79 Å². The third-order valence-corrected chi connectivity index (χ3v) is 3.90. The zero-order chi connectivity index (χ0) is 12.7. The monoisotopic (exact) mass is 273 g/mol. The summed E-state index contributed by atoms with van der Waals surface area (Å²) in [6.07, 6.45) is 5.49. The minimum absolute atomic E-state index is 0.0212. The van der Waals surface area contributed by atoms with Crippen LogP contribution in [0.3, 0.4) is 0 Å². The summed E-state index contributed by atoms with van der Waals surface area (Å²) in [5.74, 6) is 3.53. The molecule has 1 rings (SSSR count). The van der Waals surface area contributed by atoms with Crippen LogP contribution in [0.1, 0.15) is 10.6 Å². The maximum Gasteiger partial charge on any atom is 0.274 e. The number of furan rings is 1. The van der Waals surface area contributed by atoms with Crippen molar-refractivity contribution in [3.63, 3.8) is 0 Å². The van der Waals surface area contributed by atoms with Crippen molar-refractivity contribution in [3.05, 3.63) is 17.9 Å². The number of sulfonamides is 1. The fraction of sp³-hybridized carbons (Fsp3) is 0.300. The summed E-state index contributed by atoms with van der Waals surface area (Å²) in [6, 6.07) is 2.54. The summed E-state index contributed by atoms with van der Waals surface area (Å²) < 4.78 is 30.4. The van der Waals surface area contributed by atoms with Gasteiger partial charge in [-0.25, -0.2) is 13.1 Å². The Labute approximate surface area is 104 Å². The third-order valence-electron chi connectivity index (χ3n) is 1.71. The van der Waals surface area contributed by atoms with E-state index in [1.807, 2.05) is 0 Å². The lowest BCUT2D eigenvalue weighted by Gasteiger charge is -2.02. The Morgan fingerprint density at radius 2 is 2.29 bits per heavy atom. The molecule has 0 fully saturated rings. The van der Waals surface area contributed by atoms with E-state index in [1.54, 1.807) is 0 Å². The minimum atomic E-state index is -3.68. The van der Waals surface area contributed by atoms with Crippen LogP contribution in [0.2, 0.25) is 0 Å². The third kappa shape index (κ3) is 4.26. The molecule has 1 aromatic rings. The van der Waals surface area contributed by atoms with E-state index in [2.05, 4.69) is 10.6 Å². The lowest BCUT2D eigenvalue weighted by atomic mass is 10.5. The first-order valence-corrected chi connectivity index (χ1v) is 7.30. The summed E-state index contributed by atoms with van der Waals surface area (Å²) in [5.41, 5.74) is 0. The molecule has 0 amide bonds. The summed E-state index contributed by atoms with van der Waals surface area (Å²) >= 11 is 1.45. The summed E-state index contributed by atoms with van der Waals surface area (Å²) in [4.78, 5) is 10.3. The molecule has 0 aliphatic rings. The number of hydrogen-bond acceptors (Lipinski definition) is 5. The molecular weight excluding hydrogens is 262 g/mol. The molecule has 0 saturated heterocycles. The highest BCUT2D eigenvalue weighted by Crippen LogP contribution is 2.12. The standard InChI is InChI=1S/C10H11NO4S2/c1-2-6-16-7-5-11-17(13,14)10-4-3-9(8-12)15-10/h1,3-4,8,11H,5-7H2. The molecular formula is C10H11NO4S2. The van der Waals surface area contributed by atoms with Crippen molar-refractivity contribution in [2.24, 2.45) is 0 Å². The van der Waals surface area contributed by atoms with Gasteiger partial charge in [-0.05, 0) is 12.1 Å². The van der Waals surface area contributed by atoms with Crippen LogP contribution in [0.5, 0.6) is 0 Å². The first-order valence-electron chi connectivity index (χ1n) is 4.66. The van der Waals surface area contributed by atoms with E-state index in [9.17, 15) is 13.2 Å². The number of nitrogens with one attached hydrogen (secondary N) is 1. The zero-order valence-electron chi connectivity index (χ0n) is 8.88. The van der Waals surface area contributed by atoms with Crippen LogP contribution in [-0.2, 0) is 10.0 Å². The van der Waals surface area contributed by atoms with Gasteiger partial charge in [0.25, 0.3) is 10.0 Å². The molecule has 0 saturated carbocycles. The molecule has 0 aliphatic carbocycles. The van der Waals surface area contributed by atoms with Gasteiger partial charge in [0.1, 0.15) is 0 Å². The van der Waals surface area contributed by atoms with Gasteiger partial charge in [-0.1, -0.05) is 5.92 Å². The maximum atomic E-state index is 11.6. The first-order chi connectivity index (χ1) is 8.10. The minimum Gasteiger partial charge on any atom is -0.440 e. The molecule has 0 atom stereocenters. The van der Waals surface area contributed by atoms with Crippen LogP contribution < -0.4 is 4.72 Å². The van der Waals surface area contributed by atoms with E-state index in [0.29, 0.717) is 17.8 Å². The highest BCUT2D eigenvalue weighted by Gasteiger charge is 2.17. The van der Waals surface area contributed by atoms with Gasteiger partial charge in [-0.2, -0.15) is 0 Å². The molecule has 0 spiro atoms. The molecule has 0 radical (unpaired) electrons. The molecule has 17 heavy (non-hydrogen) atoms. The first kappa shape index (κ1) is 13.8. The molecule has 1 N–H and O–H groups in total. The summed E-state index contributed by atoms with van der Waals surface area (Å²) in [7, 11) is -3.68. The van der Waals surface area contributed by atoms with E-state index >= 15 is 0 Å². The largest absolute Gasteiger partial charge is 0.440 e. The predicted molar refractivity (Wildman–Crippen MR) is 65.4 cm³/mol. The fourth-order valence-corrected chi connectivity index (χ4v) is 2.60. The van der Waals surface area contributed by atoms with Crippen LogP contribution in [-0.4, -0.2) is 32.8 Å². The molecule has 92 valence electrons. The van der Waals surface area contributed by atoms with E-state index < -0.39 is 10.0 Å². The van der Waals surface area contributed by atoms with Gasteiger partial charge >= 0.3 is 0 Å². The van der Waals surface area contributed by atoms with Crippen molar-refractivity contribution in [1.82, 2.24) is 4.72 Å². The van der Waals surface area contributed by atoms with Crippen molar-refractivity contribution in [1.29, 1.82) is 0 Å². The predicted octanol–water partition coefficient (Wildman–Crippen LogP) is 0.737. The molecule has 7 heteroatoms. The van der Waals surface area contributed by atoms with Crippen LogP contribution in [0.25, 0.3) is 0 Å². The number of rotatable bonds is 7. The van der Waals surface area contributed by atoms with Crippen molar-refractivity contribution >= 4 is 28.1 Å². The molecule has 1 heterocycles. The number of aldehydes is 1. The molecule has 0 aliphatic heterocycles. The number of carbonyl (C=O) groups is 1. The Balaban J connectivity index is 2.51. The number of thioether (sulfide) groups is 1. The van der Waals surface area contributed by atoms with Gasteiger partial charge < -0.3 is 4.42 Å². The molecule has 0 bridgehead atoms. The van der Waals surface area contributed by atoms with Gasteiger partial charge in [0, 0.05) is 12.3 Å². The summed E-state index contributed by atoms with van der Waals surface area (Å²) in [5, 5.41) is -0.262. The highest BCUT2D eigenvalue weighted by molar-refractivity contribution is 7.99. The SMILES string of the molecule is C#CCSCCNS(=O)(=O)c1ccc(C=O)o1. The number of terminal acetylenes is 1. The Kier molecular flexibility index (Phi) is 5.28. The Hall–Kier alpha value is -1.23. The molecule has 0 unspecified atom stereocenters. The average molecular weight is 273 g/mol. The fourth-order valence-electron chi connectivity index (χ4n) is 0.993. The van der Waals surface area contributed by atoms with Crippen molar-refractivity contribution in [2.45, 2.75) is 5.09 Å². The average Bonchev–Trinajstić information content (AvgIpc) is 2.78. The highest BCUT2D eigenvalue weighted by atomic mass is 32.2. The van der Waals surface area contributed by atoms with E-state index in [1.165, 1.54) is 23.9 Å². The van der Waals surface area contributed by atoms with Crippen molar-refractivity contribution in [3.8, 4) is 12.3 Å². The van der Waals surface area contributed by atoms with Gasteiger partial charge in [0.2, 0.25) is 5.09 Å². The van der Waals surface area contributed by atoms with E-state index in [0.717, 1.165) is 0 Å². The normalized spacial score (nSPS) is 11.0. The Bertz CT molecular complexity index is 513. The second-order valence-corrected chi connectivity index (χ2v) is 5.73. The molecule has 0 aromatic carbocycles. The molecule has 5 nitrogen and oxygen atoms in total. The lowest BCUT2D eigenvalue weighted by Crippen LogP contribution is -2.25. The van der Waals surface area contributed by atoms with Crippen LogP contribution >= 0.6 is 11.8 Å². The quantitative estimate of drug-likeness (QED) is 0.450. The van der Waals surface area contributed by atoms with Crippen LogP contribution in [0.4, 0.5) is 0 Å². The second kappa shape index (κ2) is 6.49. The topological polar surface area (TPSA) is 76.4 Å². The number of hydrogen-bond donors (Lipinski definition) is 1. The van der Waals surface area contributed by atoms with Crippen LogP contribution in [0.15, 0.2) is 21.6 Å². The number of carbonyl (C=O) groups excluding carboxylic acids is 1. The van der Waals surface area contributed by atoms with Crippen LogP contribution in [0, 0.1) is 12.3 Å². The van der Waals surface area contributed by atoms with Crippen molar-refractivity contribution < 1.29 is 17.6 Å². The Morgan fingerprint density at radius 1 is 1.53 bits per heavy atom. The van der Waals surface area contributed by atoms with E-state index in [-0.39, 0.29) is 17.4 Å². The Morgan fingerprint density at radius 3 is 2.88 bits per heavy atom. The second-order valence-electron chi connectivity index (χ2n) is 2.93. The zero-order valence-corrected chi connectivity index (χ0v) is 10.5.